The number of halogens is 1. The van der Waals surface area contributed by atoms with E-state index in [1.165, 1.54) is 42.5 Å². The molecule has 18 N–H and O–H groups in total. The Hall–Kier alpha value is -11.0. The van der Waals surface area contributed by atoms with E-state index in [2.05, 4.69) is 37.2 Å². The van der Waals surface area contributed by atoms with Crippen LogP contribution in [-0.4, -0.2) is 371 Å². The number of primary amides is 1. The molecule has 1 unspecified atom stereocenters. The number of fused-ring (bicyclic) bond motifs is 1. The third-order valence-electron chi connectivity index (χ3n) is 26.0. The molecule has 4 heterocycles. The van der Waals surface area contributed by atoms with Crippen molar-refractivity contribution >= 4 is 145 Å². The zero-order valence-electron chi connectivity index (χ0n) is 84.5. The summed E-state index contributed by atoms with van der Waals surface area (Å²) in [4.78, 5) is 263. The maximum absolute atomic E-state index is 15.1. The van der Waals surface area contributed by atoms with Crippen LogP contribution < -0.4 is 43.0 Å². The molecule has 43 nitrogen and oxygen atoms in total. The minimum atomic E-state index is -1.57. The number of ketones is 5. The molecule has 48 heteroatoms. The maximum atomic E-state index is 15.1. The van der Waals surface area contributed by atoms with Gasteiger partial charge < -0.3 is 93.8 Å². The molecule has 2 radical (unpaired) electrons. The number of nitrogens with one attached hydrogen (secondary N) is 7. The van der Waals surface area contributed by atoms with Crippen LogP contribution in [0.15, 0.2) is 91.0 Å². The molecule has 4 aromatic rings. The van der Waals surface area contributed by atoms with E-state index in [1.54, 1.807) is 74.7 Å². The Morgan fingerprint density at radius 2 is 0.980 bits per heavy atom. The maximum Gasteiger partial charge on any atom is 0.317 e. The molecule has 830 valence electrons. The van der Waals surface area contributed by atoms with Crippen LogP contribution in [0.3, 0.4) is 0 Å². The summed E-state index contributed by atoms with van der Waals surface area (Å²) in [7, 11) is 2.06. The molecule has 4 fully saturated rings. The van der Waals surface area contributed by atoms with Gasteiger partial charge in [-0.2, -0.15) is 0 Å². The second-order valence-electron chi connectivity index (χ2n) is 38.4. The number of Topliss-reactive ketones (excluding diaryl/α,β-unsaturated/α-hetero) is 5. The summed E-state index contributed by atoms with van der Waals surface area (Å²) >= 11 is 6.22. The van der Waals surface area contributed by atoms with Crippen molar-refractivity contribution in [2.75, 3.05) is 142 Å². The van der Waals surface area contributed by atoms with Crippen molar-refractivity contribution in [1.82, 2.24) is 71.5 Å². The summed E-state index contributed by atoms with van der Waals surface area (Å²) in [5.74, 6) is -19.3. The predicted molar refractivity (Wildman–Crippen MR) is 543 cm³/mol. The minimum Gasteiger partial charge on any atom is -0.508 e. The fourth-order valence-corrected chi connectivity index (χ4v) is 20.1. The Balaban J connectivity index is 0.000000557. The average molecular weight is 2240 g/mol. The SMILES string of the molecule is CCC(=O)[C@@H]1CSSC[C@H](NC(=O)[C@@H](CCC(=O)O)CC(=O)[C@H](Cc2ccc(O)cc2)NC(=O)CN2CCN(CC(=O)O)CCN(CC(=O)O)CC2)C(=O)N2C[C@H](O)C[C@H]2C(=O)C[C@@H](Cc2ccc(O)c(Cl)c2)C(=O)NCC(=O)C[C@@H](CC(C)C)C(=O)N1.CCC(C)[C@H](NC(=O)[C@@H](C)Cc1ccc(O)cc1)C(=O)C[C@@H](CCC(N)=O)C(=O)NCc1ccc(CNC(=O)CN2CCN(CC(=O)O)CCN(CC(=O)O)CC2)cc1.[64Cu].[64Cu]. The fourth-order valence-electron chi connectivity index (χ4n) is 17.5. The number of hydrogen-bond donors (Lipinski definition) is 17. The number of carboxylic acid groups (broad SMARTS) is 5. The first-order valence-electron chi connectivity index (χ1n) is 49.4. The first-order chi connectivity index (χ1) is 69.7. The van der Waals surface area contributed by atoms with Crippen molar-refractivity contribution in [1.29, 1.82) is 0 Å². The van der Waals surface area contributed by atoms with Crippen LogP contribution >= 0.6 is 33.2 Å². The van der Waals surface area contributed by atoms with E-state index >= 15 is 4.79 Å². The van der Waals surface area contributed by atoms with Gasteiger partial charge in [0.2, 0.25) is 53.2 Å². The molecule has 149 heavy (non-hydrogen) atoms. The Morgan fingerprint density at radius 3 is 1.46 bits per heavy atom. The number of phenols is 3. The predicted octanol–water partition coefficient (Wildman–Crippen LogP) is 2.13. The van der Waals surface area contributed by atoms with Crippen LogP contribution in [0.25, 0.3) is 0 Å². The van der Waals surface area contributed by atoms with Gasteiger partial charge in [-0.25, -0.2) is 0 Å². The molecule has 12 atom stereocenters. The van der Waals surface area contributed by atoms with Crippen molar-refractivity contribution in [3.8, 4) is 17.2 Å². The van der Waals surface area contributed by atoms with Gasteiger partial charge in [-0.1, -0.05) is 136 Å². The molecule has 4 aliphatic rings. The molecule has 0 aromatic heterocycles. The summed E-state index contributed by atoms with van der Waals surface area (Å²) in [5.41, 5.74) is 8.70. The Kier molecular flexibility index (Phi) is 56.8. The number of amides is 9. The number of aliphatic carboxylic acids is 5. The first kappa shape index (κ1) is 128. The van der Waals surface area contributed by atoms with Crippen molar-refractivity contribution in [3.63, 3.8) is 0 Å². The van der Waals surface area contributed by atoms with Crippen LogP contribution in [0.2, 0.25) is 5.02 Å². The van der Waals surface area contributed by atoms with Crippen LogP contribution in [0.4, 0.5) is 0 Å². The van der Waals surface area contributed by atoms with E-state index in [0.717, 1.165) is 43.2 Å². The number of nitrogens with two attached hydrogens (primary N) is 1. The fraction of sp³-hybridized carbons (Fsp3) is 0.574. The third kappa shape index (κ3) is 47.2. The number of rotatable bonds is 46. The van der Waals surface area contributed by atoms with Gasteiger partial charge in [0.05, 0.1) is 81.1 Å². The van der Waals surface area contributed by atoms with Crippen molar-refractivity contribution < 1.29 is 171 Å². The summed E-state index contributed by atoms with van der Waals surface area (Å²) in [6.45, 7) is 12.7. The third-order valence-corrected chi connectivity index (χ3v) is 28.8. The number of hydrogen-bond acceptors (Lipinski definition) is 31. The van der Waals surface area contributed by atoms with Gasteiger partial charge in [0.1, 0.15) is 23.3 Å². The van der Waals surface area contributed by atoms with Gasteiger partial charge in [-0.05, 0) is 115 Å². The summed E-state index contributed by atoms with van der Waals surface area (Å²) in [6, 6.07) is 17.4. The molecule has 0 saturated carbocycles. The second-order valence-corrected chi connectivity index (χ2v) is 41.4. The molecule has 4 aromatic carbocycles. The first-order valence-corrected chi connectivity index (χ1v) is 52.3. The van der Waals surface area contributed by atoms with Gasteiger partial charge in [-0.3, -0.25) is 120 Å². The number of aliphatic hydroxyl groups excluding tert-OH is 1. The molecule has 0 aliphatic carbocycles. The average Bonchev–Trinajstić information content (AvgIpc) is 1.67. The standard InChI is InChI=1S/C59H81ClN8O18S2.C42H61N7O10.2Cu/c1-4-48(72)45-32-87-88-33-46(59(86)68-28-42(71)26-47(68)51(75)25-39(20-36-7-11-49(73)43(60)21-36)56(83)61-27-41(70)23-38(19-34(2)3)58(85)63-45)64-57(84)37(8-12-53(77)78)24-50(74)44(22-35-5-9-40(69)10-6-35)62-52(76)29-65-13-15-66(30-54(79)80)17-18-67(16-14-65)31-55(81)82;1-4-28(2)40(46-41(58)29(3)21-30-9-12-34(50)13-10-30)35(51)22-33(11-14-36(43)52)42(59)45-24-32-7-5-31(6-8-32)23-44-37(53)25-47-15-17-48(26-38(54)55)19-20-49(18-16-47)27-39(56)57;;/h5-7,9-11,21,34,37-39,42,44-47,69,71,73H,4,8,12-20,22-33H2,1-3H3,(H,61,83)(H,62,76)(H,63,85)(H,64,84)(H,77,78)(H,79,80)(H,81,82);5-10,12-13,28-29,33,40,50H,4,11,14-27H2,1-3H3,(H2,43,52)(H,44,53)(H,45,59)(H,46,58)(H,54,55)(H,56,57);;/t37-,38+,39+,42+,44-,45-,46-,47-;28?,29-,33+,40-;;/m00../s1/i;;2*1+0. The minimum absolute atomic E-state index is 0. The second kappa shape index (κ2) is 65.9. The van der Waals surface area contributed by atoms with Crippen LogP contribution in [0.5, 0.6) is 17.2 Å². The smallest absolute Gasteiger partial charge is 0.317 e. The Morgan fingerprint density at radius 1 is 0.517 bits per heavy atom. The Bertz CT molecular complexity index is 5120. The van der Waals surface area contributed by atoms with Crippen LogP contribution in [-0.2, 0) is 158 Å². The zero-order chi connectivity index (χ0) is 108. The molecule has 0 bridgehead atoms. The zero-order valence-corrected chi connectivity index (χ0v) is 88.8. The van der Waals surface area contributed by atoms with E-state index in [0.29, 0.717) is 63.2 Å². The number of aromatic hydroxyl groups is 3. The number of carboxylic acids is 5. The van der Waals surface area contributed by atoms with Crippen molar-refractivity contribution in [3.05, 3.63) is 124 Å². The molecule has 0 spiro atoms. The van der Waals surface area contributed by atoms with E-state index in [-0.39, 0.29) is 253 Å². The molecule has 4 saturated heterocycles. The Labute approximate surface area is 900 Å². The van der Waals surface area contributed by atoms with E-state index in [4.69, 9.17) is 17.3 Å². The van der Waals surface area contributed by atoms with Crippen molar-refractivity contribution in [2.24, 2.45) is 47.2 Å². The topological polar surface area (TPSA) is 639 Å². The van der Waals surface area contributed by atoms with Gasteiger partial charge in [0, 0.05) is 225 Å². The number of carbonyl (C=O) groups is 19. The van der Waals surface area contributed by atoms with Gasteiger partial charge in [-0.15, -0.1) is 0 Å². The molecular formula is C101H142ClCu2N15O28S2. The molecule has 8 rings (SSSR count). The van der Waals surface area contributed by atoms with Gasteiger partial charge in [0.25, 0.3) is 0 Å². The number of benzene rings is 4. The van der Waals surface area contributed by atoms with Gasteiger partial charge >= 0.3 is 29.8 Å². The summed E-state index contributed by atoms with van der Waals surface area (Å²) in [6.07, 6.45) is -3.47. The van der Waals surface area contributed by atoms with E-state index in [1.807, 2.05) is 44.7 Å². The van der Waals surface area contributed by atoms with Crippen LogP contribution in [0.1, 0.15) is 146 Å². The van der Waals surface area contributed by atoms with Crippen LogP contribution in [0, 0.1) is 41.4 Å². The number of carbonyl (C=O) groups excluding carboxylic acids is 14. The van der Waals surface area contributed by atoms with Gasteiger partial charge in [0.15, 0.2) is 28.9 Å². The molecule has 9 amide bonds. The quantitative estimate of drug-likeness (QED) is 0.0222. The van der Waals surface area contributed by atoms with Crippen molar-refractivity contribution in [2.45, 2.75) is 187 Å². The molecular weight excluding hydrogens is 2100 g/mol. The summed E-state index contributed by atoms with van der Waals surface area (Å²) in [5, 5.41) is 108. The van der Waals surface area contributed by atoms with E-state index in [9.17, 15) is 132 Å². The summed E-state index contributed by atoms with van der Waals surface area (Å²) < 4.78 is 0. The largest absolute Gasteiger partial charge is 0.508 e. The number of nitrogens with zero attached hydrogens (tertiary/aromatic N) is 7. The number of aliphatic hydroxyl groups is 1. The molecule has 4 aliphatic heterocycles. The van der Waals surface area contributed by atoms with E-state index < -0.39 is 193 Å². The number of phenolic OH excluding ortho intramolecular Hbond substituents is 3. The normalized spacial score (nSPS) is 19.9. The monoisotopic (exact) mass is 2240 g/mol.